The molecule has 0 aliphatic rings. The minimum atomic E-state index is -1.08. The lowest BCUT2D eigenvalue weighted by Gasteiger charge is -2.09. The fraction of sp³-hybridized carbons (Fsp3) is 0.385. The van der Waals surface area contributed by atoms with E-state index in [1.54, 1.807) is 12.1 Å². The first-order valence-corrected chi connectivity index (χ1v) is 6.16. The number of ether oxygens (including phenoxy) is 1. The van der Waals surface area contributed by atoms with Crippen molar-refractivity contribution >= 4 is 11.9 Å². The Morgan fingerprint density at radius 2 is 2.05 bits per heavy atom. The maximum Gasteiger partial charge on any atom is 0.322 e. The van der Waals surface area contributed by atoms with Gasteiger partial charge in [-0.3, -0.25) is 9.59 Å². The van der Waals surface area contributed by atoms with Gasteiger partial charge in [0.2, 0.25) is 5.91 Å². The van der Waals surface area contributed by atoms with Crippen LogP contribution in [0, 0.1) is 0 Å². The molecule has 4 N–H and O–H groups in total. The molecular formula is C13H18N2O5. The average molecular weight is 282 g/mol. The first-order chi connectivity index (χ1) is 9.52. The molecule has 1 aromatic carbocycles. The number of benzene rings is 1. The number of phenolic OH excluding ortho intramolecular Hbond substituents is 1. The molecule has 7 heteroatoms. The van der Waals surface area contributed by atoms with Gasteiger partial charge in [-0.2, -0.15) is 0 Å². The Labute approximate surface area is 116 Å². The molecule has 0 bridgehead atoms. The van der Waals surface area contributed by atoms with E-state index in [0.717, 1.165) is 5.56 Å². The van der Waals surface area contributed by atoms with Crippen LogP contribution in [0.5, 0.6) is 11.5 Å². The SMILES string of the molecule is CCOc1cc(CNCC(=O)NCC(=O)O)ccc1O. The molecule has 0 saturated heterocycles. The molecule has 0 atom stereocenters. The first-order valence-electron chi connectivity index (χ1n) is 6.16. The van der Waals surface area contributed by atoms with E-state index in [0.29, 0.717) is 18.9 Å². The summed E-state index contributed by atoms with van der Waals surface area (Å²) in [5.74, 6) is -1.02. The number of hydrogen-bond acceptors (Lipinski definition) is 5. The van der Waals surface area contributed by atoms with Gasteiger partial charge in [-0.05, 0) is 24.6 Å². The van der Waals surface area contributed by atoms with Crippen LogP contribution in [-0.4, -0.2) is 41.8 Å². The topological polar surface area (TPSA) is 108 Å². The number of carboxylic acid groups (broad SMARTS) is 1. The highest BCUT2D eigenvalue weighted by atomic mass is 16.5. The van der Waals surface area contributed by atoms with Gasteiger partial charge in [0.25, 0.3) is 0 Å². The molecule has 0 saturated carbocycles. The van der Waals surface area contributed by atoms with Crippen LogP contribution < -0.4 is 15.4 Å². The Balaban J connectivity index is 2.40. The predicted molar refractivity (Wildman–Crippen MR) is 71.6 cm³/mol. The molecule has 1 rings (SSSR count). The molecule has 0 radical (unpaired) electrons. The third kappa shape index (κ3) is 5.57. The second-order valence-corrected chi connectivity index (χ2v) is 4.01. The number of aliphatic carboxylic acids is 1. The monoisotopic (exact) mass is 282 g/mol. The van der Waals surface area contributed by atoms with Crippen molar-refractivity contribution < 1.29 is 24.5 Å². The molecule has 7 nitrogen and oxygen atoms in total. The fourth-order valence-electron chi connectivity index (χ4n) is 1.50. The largest absolute Gasteiger partial charge is 0.504 e. The zero-order chi connectivity index (χ0) is 15.0. The Bertz CT molecular complexity index is 476. The number of carbonyl (C=O) groups excluding carboxylic acids is 1. The van der Waals surface area contributed by atoms with Gasteiger partial charge in [0.1, 0.15) is 6.54 Å². The van der Waals surface area contributed by atoms with E-state index in [1.807, 2.05) is 6.92 Å². The smallest absolute Gasteiger partial charge is 0.322 e. The van der Waals surface area contributed by atoms with Crippen LogP contribution in [0.15, 0.2) is 18.2 Å². The van der Waals surface area contributed by atoms with Crippen LogP contribution in [0.4, 0.5) is 0 Å². The van der Waals surface area contributed by atoms with Crippen LogP contribution in [0.3, 0.4) is 0 Å². The summed E-state index contributed by atoms with van der Waals surface area (Å²) in [5.41, 5.74) is 0.845. The van der Waals surface area contributed by atoms with Crippen molar-refractivity contribution in [2.45, 2.75) is 13.5 Å². The maximum absolute atomic E-state index is 11.3. The zero-order valence-corrected chi connectivity index (χ0v) is 11.2. The number of aromatic hydroxyl groups is 1. The predicted octanol–water partition coefficient (Wildman–Crippen LogP) is 0.0813. The fourth-order valence-corrected chi connectivity index (χ4v) is 1.50. The quantitative estimate of drug-likeness (QED) is 0.538. The Kier molecular flexibility index (Phi) is 6.31. The van der Waals surface area contributed by atoms with Crippen molar-refractivity contribution in [3.05, 3.63) is 23.8 Å². The van der Waals surface area contributed by atoms with Crippen molar-refractivity contribution in [3.8, 4) is 11.5 Å². The summed E-state index contributed by atoms with van der Waals surface area (Å²) in [5, 5.41) is 23.1. The lowest BCUT2D eigenvalue weighted by Crippen LogP contribution is -2.36. The van der Waals surface area contributed by atoms with Gasteiger partial charge in [-0.25, -0.2) is 0 Å². The normalized spacial score (nSPS) is 10.1. The number of phenols is 1. The molecule has 0 aliphatic carbocycles. The number of carboxylic acids is 1. The molecule has 110 valence electrons. The van der Waals surface area contributed by atoms with Crippen molar-refractivity contribution in [1.29, 1.82) is 0 Å². The highest BCUT2D eigenvalue weighted by Gasteiger charge is 2.05. The summed E-state index contributed by atoms with van der Waals surface area (Å²) in [6.45, 7) is 2.28. The van der Waals surface area contributed by atoms with Crippen molar-refractivity contribution in [2.24, 2.45) is 0 Å². The van der Waals surface area contributed by atoms with Crippen molar-refractivity contribution in [3.63, 3.8) is 0 Å². The molecule has 20 heavy (non-hydrogen) atoms. The highest BCUT2D eigenvalue weighted by molar-refractivity contribution is 5.82. The van der Waals surface area contributed by atoms with Crippen LogP contribution in [0.1, 0.15) is 12.5 Å². The summed E-state index contributed by atoms with van der Waals surface area (Å²) in [6, 6.07) is 4.91. The third-order valence-corrected chi connectivity index (χ3v) is 2.38. The van der Waals surface area contributed by atoms with E-state index in [2.05, 4.69) is 10.6 Å². The second kappa shape index (κ2) is 8.00. The summed E-state index contributed by atoms with van der Waals surface area (Å²) in [6.07, 6.45) is 0. The molecular weight excluding hydrogens is 264 g/mol. The minimum absolute atomic E-state index is 0.0120. The Morgan fingerprint density at radius 1 is 1.30 bits per heavy atom. The number of hydrogen-bond donors (Lipinski definition) is 4. The van der Waals surface area contributed by atoms with Gasteiger partial charge in [-0.1, -0.05) is 6.07 Å². The minimum Gasteiger partial charge on any atom is -0.504 e. The van der Waals surface area contributed by atoms with E-state index in [4.69, 9.17) is 9.84 Å². The maximum atomic E-state index is 11.3. The van der Waals surface area contributed by atoms with Gasteiger partial charge in [0, 0.05) is 6.54 Å². The summed E-state index contributed by atoms with van der Waals surface area (Å²) >= 11 is 0. The van der Waals surface area contributed by atoms with E-state index in [1.165, 1.54) is 6.07 Å². The van der Waals surface area contributed by atoms with E-state index in [-0.39, 0.29) is 12.3 Å². The van der Waals surface area contributed by atoms with E-state index >= 15 is 0 Å². The third-order valence-electron chi connectivity index (χ3n) is 2.38. The molecule has 1 aromatic rings. The highest BCUT2D eigenvalue weighted by Crippen LogP contribution is 2.26. The Morgan fingerprint density at radius 3 is 2.70 bits per heavy atom. The number of rotatable bonds is 8. The van der Waals surface area contributed by atoms with E-state index in [9.17, 15) is 14.7 Å². The standard InChI is InChI=1S/C13H18N2O5/c1-2-20-11-5-9(3-4-10(11)16)6-14-7-12(17)15-8-13(18)19/h3-5,14,16H,2,6-8H2,1H3,(H,15,17)(H,18,19). The Hall–Kier alpha value is -2.28. The van der Waals surface area contributed by atoms with Crippen LogP contribution >= 0.6 is 0 Å². The van der Waals surface area contributed by atoms with Gasteiger partial charge >= 0.3 is 5.97 Å². The summed E-state index contributed by atoms with van der Waals surface area (Å²) in [7, 11) is 0. The van der Waals surface area contributed by atoms with Gasteiger partial charge < -0.3 is 25.6 Å². The summed E-state index contributed by atoms with van der Waals surface area (Å²) in [4.78, 5) is 21.5. The summed E-state index contributed by atoms with van der Waals surface area (Å²) < 4.78 is 5.25. The number of amides is 1. The number of nitrogens with one attached hydrogen (secondary N) is 2. The van der Waals surface area contributed by atoms with Crippen LogP contribution in [-0.2, 0) is 16.1 Å². The molecule has 0 aliphatic heterocycles. The van der Waals surface area contributed by atoms with Gasteiger partial charge in [-0.15, -0.1) is 0 Å². The molecule has 1 amide bonds. The lowest BCUT2D eigenvalue weighted by atomic mass is 10.2. The molecule has 0 aromatic heterocycles. The van der Waals surface area contributed by atoms with Crippen molar-refractivity contribution in [2.75, 3.05) is 19.7 Å². The second-order valence-electron chi connectivity index (χ2n) is 4.01. The first kappa shape index (κ1) is 15.8. The molecule has 0 unspecified atom stereocenters. The van der Waals surface area contributed by atoms with Crippen LogP contribution in [0.2, 0.25) is 0 Å². The average Bonchev–Trinajstić information content (AvgIpc) is 2.40. The number of carbonyl (C=O) groups is 2. The van der Waals surface area contributed by atoms with Crippen molar-refractivity contribution in [1.82, 2.24) is 10.6 Å². The zero-order valence-electron chi connectivity index (χ0n) is 11.2. The molecule has 0 fully saturated rings. The van der Waals surface area contributed by atoms with Crippen LogP contribution in [0.25, 0.3) is 0 Å². The molecule has 0 spiro atoms. The van der Waals surface area contributed by atoms with E-state index < -0.39 is 18.4 Å². The van der Waals surface area contributed by atoms with Gasteiger partial charge in [0.15, 0.2) is 11.5 Å². The lowest BCUT2D eigenvalue weighted by molar-refractivity contribution is -0.137. The molecule has 0 heterocycles. The van der Waals surface area contributed by atoms with Gasteiger partial charge in [0.05, 0.1) is 13.2 Å².